The lowest BCUT2D eigenvalue weighted by atomic mass is 9.91. The number of nitrogens with zero attached hydrogens (tertiary/aromatic N) is 1. The van der Waals surface area contributed by atoms with Crippen LogP contribution in [0.5, 0.6) is 0 Å². The summed E-state index contributed by atoms with van der Waals surface area (Å²) in [7, 11) is 0. The van der Waals surface area contributed by atoms with Crippen LogP contribution < -0.4 is 10.6 Å². The van der Waals surface area contributed by atoms with E-state index in [0.717, 1.165) is 12.8 Å². The highest BCUT2D eigenvalue weighted by molar-refractivity contribution is 5.55. The molecule has 0 bridgehead atoms. The van der Waals surface area contributed by atoms with Gasteiger partial charge >= 0.3 is 0 Å². The Morgan fingerprint density at radius 2 is 2.19 bits per heavy atom. The number of halogens is 1. The highest BCUT2D eigenvalue weighted by atomic mass is 19.1. The zero-order valence-electron chi connectivity index (χ0n) is 9.19. The van der Waals surface area contributed by atoms with E-state index in [-0.39, 0.29) is 12.4 Å². The van der Waals surface area contributed by atoms with Gasteiger partial charge in [0, 0.05) is 18.3 Å². The predicted octanol–water partition coefficient (Wildman–Crippen LogP) is 1.76. The number of aliphatic hydroxyl groups is 1. The average molecular weight is 224 g/mol. The van der Waals surface area contributed by atoms with Crippen molar-refractivity contribution in [2.75, 3.05) is 23.8 Å². The van der Waals surface area contributed by atoms with Crippen molar-refractivity contribution in [1.82, 2.24) is 0 Å². The molecular weight excluding hydrogens is 207 g/mol. The maximum absolute atomic E-state index is 13.7. The summed E-state index contributed by atoms with van der Waals surface area (Å²) in [5.41, 5.74) is 6.49. The first kappa shape index (κ1) is 11.2. The van der Waals surface area contributed by atoms with E-state index in [1.807, 2.05) is 4.90 Å². The lowest BCUT2D eigenvalue weighted by molar-refractivity contribution is 0.283. The largest absolute Gasteiger partial charge is 0.399 e. The average Bonchev–Trinajstić information content (AvgIpc) is 2.14. The van der Waals surface area contributed by atoms with Crippen LogP contribution in [0.1, 0.15) is 19.3 Å². The lowest BCUT2D eigenvalue weighted by Gasteiger charge is -2.39. The fourth-order valence-electron chi connectivity index (χ4n) is 2.06. The number of hydrogen-bond donors (Lipinski definition) is 2. The fourth-order valence-corrected chi connectivity index (χ4v) is 2.06. The van der Waals surface area contributed by atoms with Gasteiger partial charge in [0.2, 0.25) is 0 Å². The zero-order chi connectivity index (χ0) is 11.5. The highest BCUT2D eigenvalue weighted by Gasteiger charge is 2.26. The molecule has 3 nitrogen and oxygen atoms in total. The number of rotatable bonds is 4. The van der Waals surface area contributed by atoms with Crippen LogP contribution >= 0.6 is 0 Å². The van der Waals surface area contributed by atoms with E-state index < -0.39 is 0 Å². The summed E-state index contributed by atoms with van der Waals surface area (Å²) < 4.78 is 13.7. The Morgan fingerprint density at radius 3 is 2.69 bits per heavy atom. The molecule has 1 saturated carbocycles. The van der Waals surface area contributed by atoms with Crippen LogP contribution in [0.2, 0.25) is 0 Å². The molecule has 0 heterocycles. The summed E-state index contributed by atoms with van der Waals surface area (Å²) in [6.07, 6.45) is 3.33. The van der Waals surface area contributed by atoms with Crippen molar-refractivity contribution in [2.24, 2.45) is 0 Å². The van der Waals surface area contributed by atoms with Gasteiger partial charge in [-0.1, -0.05) is 0 Å². The highest BCUT2D eigenvalue weighted by Crippen LogP contribution is 2.31. The third-order valence-electron chi connectivity index (χ3n) is 3.14. The van der Waals surface area contributed by atoms with Crippen molar-refractivity contribution in [3.8, 4) is 0 Å². The Morgan fingerprint density at radius 1 is 1.44 bits per heavy atom. The molecule has 3 N–H and O–H groups in total. The molecule has 1 aromatic carbocycles. The number of nitrogens with two attached hydrogens (primary N) is 1. The summed E-state index contributed by atoms with van der Waals surface area (Å²) in [6.45, 7) is 0.520. The van der Waals surface area contributed by atoms with Gasteiger partial charge in [-0.2, -0.15) is 0 Å². The number of anilines is 2. The van der Waals surface area contributed by atoms with Gasteiger partial charge in [0.15, 0.2) is 0 Å². The van der Waals surface area contributed by atoms with Crippen molar-refractivity contribution < 1.29 is 9.50 Å². The molecule has 4 heteroatoms. The Bertz CT molecular complexity index is 366. The molecule has 88 valence electrons. The van der Waals surface area contributed by atoms with Gasteiger partial charge in [0.25, 0.3) is 0 Å². The number of benzene rings is 1. The van der Waals surface area contributed by atoms with Crippen LogP contribution in [0.25, 0.3) is 0 Å². The van der Waals surface area contributed by atoms with Crippen molar-refractivity contribution in [3.63, 3.8) is 0 Å². The molecule has 1 aliphatic rings. The minimum absolute atomic E-state index is 0.0420. The van der Waals surface area contributed by atoms with Gasteiger partial charge < -0.3 is 15.7 Å². The summed E-state index contributed by atoms with van der Waals surface area (Å²) >= 11 is 0. The molecule has 1 fully saturated rings. The maximum Gasteiger partial charge on any atom is 0.148 e. The van der Waals surface area contributed by atoms with E-state index in [9.17, 15) is 4.39 Å². The minimum Gasteiger partial charge on any atom is -0.399 e. The molecule has 0 atom stereocenters. The van der Waals surface area contributed by atoms with E-state index in [2.05, 4.69) is 0 Å². The SMILES string of the molecule is Nc1ccc(N(CCO)C2CCC2)c(F)c1. The second-order valence-electron chi connectivity index (χ2n) is 4.21. The molecule has 0 unspecified atom stereocenters. The quantitative estimate of drug-likeness (QED) is 0.766. The van der Waals surface area contributed by atoms with E-state index in [0.29, 0.717) is 24.0 Å². The van der Waals surface area contributed by atoms with Crippen molar-refractivity contribution in [1.29, 1.82) is 0 Å². The molecular formula is C12H17FN2O. The number of hydrogen-bond acceptors (Lipinski definition) is 3. The normalized spacial score (nSPS) is 15.9. The van der Waals surface area contributed by atoms with Gasteiger partial charge in [-0.05, 0) is 37.5 Å². The van der Waals surface area contributed by atoms with Crippen molar-refractivity contribution >= 4 is 11.4 Å². The Kier molecular flexibility index (Phi) is 3.29. The van der Waals surface area contributed by atoms with Crippen LogP contribution in [-0.4, -0.2) is 24.3 Å². The number of nitrogen functional groups attached to an aromatic ring is 1. The summed E-state index contributed by atoms with van der Waals surface area (Å²) in [6, 6.07) is 5.09. The number of aliphatic hydroxyl groups excluding tert-OH is 1. The maximum atomic E-state index is 13.7. The fraction of sp³-hybridized carbons (Fsp3) is 0.500. The zero-order valence-corrected chi connectivity index (χ0v) is 9.19. The summed E-state index contributed by atoms with van der Waals surface area (Å²) in [5, 5.41) is 9.02. The molecule has 2 rings (SSSR count). The topological polar surface area (TPSA) is 49.5 Å². The van der Waals surface area contributed by atoms with Crippen LogP contribution in [0.15, 0.2) is 18.2 Å². The van der Waals surface area contributed by atoms with E-state index in [1.54, 1.807) is 12.1 Å². The molecule has 16 heavy (non-hydrogen) atoms. The van der Waals surface area contributed by atoms with Crippen LogP contribution in [0.3, 0.4) is 0 Å². The first-order chi connectivity index (χ1) is 7.72. The van der Waals surface area contributed by atoms with Crippen LogP contribution in [-0.2, 0) is 0 Å². The van der Waals surface area contributed by atoms with Crippen LogP contribution in [0, 0.1) is 5.82 Å². The van der Waals surface area contributed by atoms with Gasteiger partial charge in [0.05, 0.1) is 12.3 Å². The lowest BCUT2D eigenvalue weighted by Crippen LogP contribution is -2.42. The molecule has 1 aromatic rings. The second kappa shape index (κ2) is 4.70. The van der Waals surface area contributed by atoms with E-state index in [4.69, 9.17) is 10.8 Å². The van der Waals surface area contributed by atoms with Gasteiger partial charge in [-0.15, -0.1) is 0 Å². The first-order valence-electron chi connectivity index (χ1n) is 5.65. The van der Waals surface area contributed by atoms with E-state index >= 15 is 0 Å². The van der Waals surface area contributed by atoms with E-state index in [1.165, 1.54) is 12.5 Å². The summed E-state index contributed by atoms with van der Waals surface area (Å²) in [5.74, 6) is -0.305. The molecule has 0 radical (unpaired) electrons. The minimum atomic E-state index is -0.305. The van der Waals surface area contributed by atoms with Gasteiger partial charge in [-0.25, -0.2) is 4.39 Å². The molecule has 0 aliphatic heterocycles. The smallest absolute Gasteiger partial charge is 0.148 e. The van der Waals surface area contributed by atoms with Gasteiger partial charge in [0.1, 0.15) is 5.82 Å². The Labute approximate surface area is 94.7 Å². The predicted molar refractivity (Wildman–Crippen MR) is 62.9 cm³/mol. The molecule has 0 amide bonds. The molecule has 0 spiro atoms. The third kappa shape index (κ3) is 2.11. The van der Waals surface area contributed by atoms with Crippen LogP contribution in [0.4, 0.5) is 15.8 Å². The van der Waals surface area contributed by atoms with Crippen molar-refractivity contribution in [3.05, 3.63) is 24.0 Å². The monoisotopic (exact) mass is 224 g/mol. The second-order valence-corrected chi connectivity index (χ2v) is 4.21. The molecule has 0 saturated heterocycles. The summed E-state index contributed by atoms with van der Waals surface area (Å²) in [4.78, 5) is 1.94. The molecule has 0 aromatic heterocycles. The standard InChI is InChI=1S/C12H17FN2O/c13-11-8-9(14)4-5-12(11)15(6-7-16)10-2-1-3-10/h4-5,8,10,16H,1-3,6-7,14H2. The first-order valence-corrected chi connectivity index (χ1v) is 5.65. The molecule has 1 aliphatic carbocycles. The Balaban J connectivity index is 2.23. The van der Waals surface area contributed by atoms with Crippen molar-refractivity contribution in [2.45, 2.75) is 25.3 Å². The third-order valence-corrected chi connectivity index (χ3v) is 3.14. The Hall–Kier alpha value is -1.29. The van der Waals surface area contributed by atoms with Gasteiger partial charge in [-0.3, -0.25) is 0 Å².